The second-order valence-electron chi connectivity index (χ2n) is 8.27. The van der Waals surface area contributed by atoms with Crippen LogP contribution in [0.2, 0.25) is 0 Å². The summed E-state index contributed by atoms with van der Waals surface area (Å²) in [6.45, 7) is 0.206. The number of nitrogens with zero attached hydrogens (tertiary/aromatic N) is 2. The minimum Gasteiger partial charge on any atom is -0.477 e. The number of esters is 1. The fraction of sp³-hybridized carbons (Fsp3) is 0.115. The number of carboxylic acids is 1. The van der Waals surface area contributed by atoms with Crippen LogP contribution in [0.15, 0.2) is 59.5 Å². The monoisotopic (exact) mass is 494 g/mol. The molecule has 0 spiro atoms. The van der Waals surface area contributed by atoms with Gasteiger partial charge in [-0.25, -0.2) is 22.8 Å². The second-order valence-corrected chi connectivity index (χ2v) is 8.27. The lowest BCUT2D eigenvalue weighted by Crippen LogP contribution is -2.22. The molecule has 10 heteroatoms. The molecule has 3 aromatic carbocycles. The Kier molecular flexibility index (Phi) is 5.51. The number of carbonyl (C=O) groups is 2. The molecule has 0 saturated heterocycles. The molecule has 1 aliphatic rings. The number of benzene rings is 3. The molecule has 0 fully saturated rings. The lowest BCUT2D eigenvalue weighted by Gasteiger charge is -2.22. The van der Waals surface area contributed by atoms with Crippen LogP contribution < -0.4 is 10.3 Å². The highest BCUT2D eigenvalue weighted by molar-refractivity contribution is 5.94. The Morgan fingerprint density at radius 1 is 0.972 bits per heavy atom. The summed E-state index contributed by atoms with van der Waals surface area (Å²) in [4.78, 5) is 37.8. The summed E-state index contributed by atoms with van der Waals surface area (Å²) in [7, 11) is 1.25. The van der Waals surface area contributed by atoms with Gasteiger partial charge >= 0.3 is 11.9 Å². The Labute approximate surface area is 201 Å². The average Bonchev–Trinajstić information content (AvgIpc) is 3.27. The molecule has 0 unspecified atom stereocenters. The van der Waals surface area contributed by atoms with Crippen molar-refractivity contribution in [2.75, 3.05) is 12.0 Å². The summed E-state index contributed by atoms with van der Waals surface area (Å²) in [5.41, 5.74) is -0.616. The summed E-state index contributed by atoms with van der Waals surface area (Å²) < 4.78 is 50.7. The van der Waals surface area contributed by atoms with Crippen LogP contribution in [-0.4, -0.2) is 28.7 Å². The minimum absolute atomic E-state index is 0.0769. The number of halogens is 3. The van der Waals surface area contributed by atoms with Gasteiger partial charge in [0.15, 0.2) is 5.82 Å². The van der Waals surface area contributed by atoms with E-state index >= 15 is 8.78 Å². The van der Waals surface area contributed by atoms with Crippen LogP contribution in [-0.2, 0) is 17.8 Å². The topological polar surface area (TPSA) is 88.8 Å². The Morgan fingerprint density at radius 2 is 1.67 bits per heavy atom. The molecule has 0 bridgehead atoms. The molecule has 1 aromatic heterocycles. The van der Waals surface area contributed by atoms with Gasteiger partial charge in [0.05, 0.1) is 23.6 Å². The number of rotatable bonds is 4. The zero-order chi connectivity index (χ0) is 25.7. The standard InChI is InChI=1S/C26H17F3N2O5/c1-36-26(35)13-2-3-14-10-30(11-15(14)8-13)23-20(28)9-18-22(21(23)29)31(12-19(24(18)32)25(33)34)17-6-4-16(27)5-7-17/h2-9,12H,10-11H2,1H3,(H,33,34). The molecule has 182 valence electrons. The van der Waals surface area contributed by atoms with E-state index in [4.69, 9.17) is 4.74 Å². The maximum Gasteiger partial charge on any atom is 0.341 e. The first-order chi connectivity index (χ1) is 17.2. The van der Waals surface area contributed by atoms with Gasteiger partial charge in [0.2, 0.25) is 5.43 Å². The van der Waals surface area contributed by atoms with E-state index in [1.54, 1.807) is 18.2 Å². The Morgan fingerprint density at radius 3 is 2.33 bits per heavy atom. The first kappa shape index (κ1) is 23.2. The Bertz CT molecular complexity index is 1630. The molecule has 4 aromatic rings. The zero-order valence-electron chi connectivity index (χ0n) is 18.7. The molecule has 0 saturated carbocycles. The van der Waals surface area contributed by atoms with Crippen LogP contribution in [0.4, 0.5) is 18.9 Å². The van der Waals surface area contributed by atoms with Crippen LogP contribution in [0.25, 0.3) is 16.6 Å². The number of aromatic carboxylic acids is 1. The van der Waals surface area contributed by atoms with E-state index in [0.717, 1.165) is 34.5 Å². The number of methoxy groups -OCH3 is 1. The maximum atomic E-state index is 16.1. The molecule has 1 N–H and O–H groups in total. The number of fused-ring (bicyclic) bond motifs is 2. The number of aromatic nitrogens is 1. The largest absolute Gasteiger partial charge is 0.477 e. The van der Waals surface area contributed by atoms with Gasteiger partial charge in [-0.15, -0.1) is 0 Å². The molecular weight excluding hydrogens is 477 g/mol. The van der Waals surface area contributed by atoms with E-state index in [9.17, 15) is 23.9 Å². The Balaban J connectivity index is 1.71. The molecular formula is C26H17F3N2O5. The van der Waals surface area contributed by atoms with Crippen molar-refractivity contribution in [1.82, 2.24) is 4.57 Å². The Hall–Kier alpha value is -4.60. The van der Waals surface area contributed by atoms with E-state index in [0.29, 0.717) is 11.1 Å². The SMILES string of the molecule is COC(=O)c1ccc2c(c1)CN(c1c(F)cc3c(=O)c(C(=O)O)cn(-c4ccc(F)cc4)c3c1F)C2. The fourth-order valence-electron chi connectivity index (χ4n) is 4.45. The minimum atomic E-state index is -1.57. The summed E-state index contributed by atoms with van der Waals surface area (Å²) in [5.74, 6) is -4.82. The number of hydrogen-bond donors (Lipinski definition) is 1. The number of carbonyl (C=O) groups excluding carboxylic acids is 1. The van der Waals surface area contributed by atoms with E-state index in [1.807, 2.05) is 0 Å². The van der Waals surface area contributed by atoms with Crippen molar-refractivity contribution in [2.45, 2.75) is 13.1 Å². The van der Waals surface area contributed by atoms with Crippen molar-refractivity contribution in [3.63, 3.8) is 0 Å². The summed E-state index contributed by atoms with van der Waals surface area (Å²) >= 11 is 0. The van der Waals surface area contributed by atoms with Gasteiger partial charge < -0.3 is 19.3 Å². The summed E-state index contributed by atoms with van der Waals surface area (Å²) in [6.07, 6.45) is 0.937. The van der Waals surface area contributed by atoms with Gasteiger partial charge in [-0.1, -0.05) is 6.07 Å². The molecule has 5 rings (SSSR count). The van der Waals surface area contributed by atoms with Crippen molar-refractivity contribution in [2.24, 2.45) is 0 Å². The van der Waals surface area contributed by atoms with Gasteiger partial charge in [0.1, 0.15) is 22.9 Å². The van der Waals surface area contributed by atoms with Crippen molar-refractivity contribution in [3.05, 3.63) is 105 Å². The molecule has 2 heterocycles. The normalized spacial score (nSPS) is 12.6. The smallest absolute Gasteiger partial charge is 0.341 e. The van der Waals surface area contributed by atoms with Crippen LogP contribution in [0.5, 0.6) is 0 Å². The molecule has 1 aliphatic heterocycles. The van der Waals surface area contributed by atoms with E-state index in [2.05, 4.69) is 0 Å². The number of carboxylic acid groups (broad SMARTS) is 1. The number of ether oxygens (including phenoxy) is 1. The third kappa shape index (κ3) is 3.67. The first-order valence-corrected chi connectivity index (χ1v) is 10.7. The van der Waals surface area contributed by atoms with Crippen molar-refractivity contribution >= 4 is 28.5 Å². The number of pyridine rings is 1. The summed E-state index contributed by atoms with van der Waals surface area (Å²) in [6, 6.07) is 10.4. The second kappa shape index (κ2) is 8.56. The maximum absolute atomic E-state index is 16.1. The van der Waals surface area contributed by atoms with Gasteiger partial charge in [-0.2, -0.15) is 0 Å². The van der Waals surface area contributed by atoms with Crippen LogP contribution in [0.1, 0.15) is 31.8 Å². The van der Waals surface area contributed by atoms with Gasteiger partial charge in [-0.05, 0) is 53.6 Å². The molecule has 0 amide bonds. The van der Waals surface area contributed by atoms with Gasteiger partial charge in [0, 0.05) is 25.0 Å². The highest BCUT2D eigenvalue weighted by atomic mass is 19.1. The molecule has 0 radical (unpaired) electrons. The summed E-state index contributed by atoms with van der Waals surface area (Å²) in [5, 5.41) is 9.01. The lowest BCUT2D eigenvalue weighted by atomic mass is 10.1. The molecule has 0 aliphatic carbocycles. The van der Waals surface area contributed by atoms with Crippen molar-refractivity contribution < 1.29 is 32.6 Å². The van der Waals surface area contributed by atoms with E-state index < -0.39 is 51.5 Å². The zero-order valence-corrected chi connectivity index (χ0v) is 18.7. The van der Waals surface area contributed by atoms with Crippen LogP contribution >= 0.6 is 0 Å². The van der Waals surface area contributed by atoms with Gasteiger partial charge in [-0.3, -0.25) is 4.79 Å². The van der Waals surface area contributed by atoms with Gasteiger partial charge in [0.25, 0.3) is 0 Å². The van der Waals surface area contributed by atoms with Crippen molar-refractivity contribution in [1.29, 1.82) is 0 Å². The quantitative estimate of drug-likeness (QED) is 0.423. The predicted octanol–water partition coefficient (Wildman–Crippen LogP) is 4.41. The van der Waals surface area contributed by atoms with Crippen molar-refractivity contribution in [3.8, 4) is 5.69 Å². The molecule has 7 nitrogen and oxygen atoms in total. The third-order valence-electron chi connectivity index (χ3n) is 6.16. The average molecular weight is 494 g/mol. The van der Waals surface area contributed by atoms with E-state index in [1.165, 1.54) is 24.1 Å². The number of anilines is 1. The fourth-order valence-corrected chi connectivity index (χ4v) is 4.45. The van der Waals surface area contributed by atoms with E-state index in [-0.39, 0.29) is 24.3 Å². The lowest BCUT2D eigenvalue weighted by molar-refractivity contribution is 0.0599. The van der Waals surface area contributed by atoms with Crippen LogP contribution in [0, 0.1) is 17.5 Å². The molecule has 0 atom stereocenters. The highest BCUT2D eigenvalue weighted by Gasteiger charge is 2.29. The van der Waals surface area contributed by atoms with Crippen LogP contribution in [0.3, 0.4) is 0 Å². The molecule has 36 heavy (non-hydrogen) atoms. The first-order valence-electron chi connectivity index (χ1n) is 10.7. The predicted molar refractivity (Wildman–Crippen MR) is 124 cm³/mol. The number of hydrogen-bond acceptors (Lipinski definition) is 5. The third-order valence-corrected chi connectivity index (χ3v) is 6.16. The highest BCUT2D eigenvalue weighted by Crippen LogP contribution is 2.36.